The quantitative estimate of drug-likeness (QED) is 0.899. The van der Waals surface area contributed by atoms with Crippen LogP contribution in [0.2, 0.25) is 0 Å². The van der Waals surface area contributed by atoms with Crippen LogP contribution in [0.3, 0.4) is 0 Å². The minimum Gasteiger partial charge on any atom is -0.406 e. The lowest BCUT2D eigenvalue weighted by Crippen LogP contribution is -2.37. The summed E-state index contributed by atoms with van der Waals surface area (Å²) in [5.74, 6) is -0.536. The van der Waals surface area contributed by atoms with Gasteiger partial charge in [0.25, 0.3) is 0 Å². The van der Waals surface area contributed by atoms with Crippen molar-refractivity contribution in [2.24, 2.45) is 5.92 Å². The van der Waals surface area contributed by atoms with Gasteiger partial charge in [0.2, 0.25) is 5.91 Å². The van der Waals surface area contributed by atoms with Crippen molar-refractivity contribution in [2.45, 2.75) is 19.2 Å². The van der Waals surface area contributed by atoms with Gasteiger partial charge >= 0.3 is 6.36 Å². The van der Waals surface area contributed by atoms with E-state index >= 15 is 0 Å². The zero-order valence-corrected chi connectivity index (χ0v) is 11.9. The van der Waals surface area contributed by atoms with Gasteiger partial charge in [-0.25, -0.2) is 0 Å². The lowest BCUT2D eigenvalue weighted by molar-refractivity contribution is -0.274. The number of hydrogen-bond acceptors (Lipinski definition) is 3. The molecule has 1 fully saturated rings. The van der Waals surface area contributed by atoms with Crippen LogP contribution in [-0.2, 0) is 4.79 Å². The highest BCUT2D eigenvalue weighted by atomic mass is 35.5. The zero-order valence-electron chi connectivity index (χ0n) is 11.1. The summed E-state index contributed by atoms with van der Waals surface area (Å²) in [6.45, 7) is 1.54. The number of anilines is 1. The van der Waals surface area contributed by atoms with Crippen molar-refractivity contribution >= 4 is 24.0 Å². The van der Waals surface area contributed by atoms with Crippen molar-refractivity contribution < 1.29 is 22.7 Å². The van der Waals surface area contributed by atoms with Crippen LogP contribution in [0, 0.1) is 5.92 Å². The lowest BCUT2D eigenvalue weighted by Gasteiger charge is -2.21. The minimum absolute atomic E-state index is 0. The predicted molar refractivity (Wildman–Crippen MR) is 74.6 cm³/mol. The fourth-order valence-electron chi connectivity index (χ4n) is 2.06. The van der Waals surface area contributed by atoms with Gasteiger partial charge in [-0.2, -0.15) is 0 Å². The molecule has 1 atom stereocenters. The first-order valence-corrected chi connectivity index (χ1v) is 6.31. The van der Waals surface area contributed by atoms with E-state index in [0.29, 0.717) is 12.2 Å². The van der Waals surface area contributed by atoms with Gasteiger partial charge in [-0.1, -0.05) is 0 Å². The maximum atomic E-state index is 12.0. The summed E-state index contributed by atoms with van der Waals surface area (Å²) in [4.78, 5) is 11.9. The van der Waals surface area contributed by atoms with Gasteiger partial charge in [-0.15, -0.1) is 25.6 Å². The molecule has 1 amide bonds. The lowest BCUT2D eigenvalue weighted by atomic mass is 9.99. The van der Waals surface area contributed by atoms with Crippen molar-refractivity contribution in [3.63, 3.8) is 0 Å². The average molecular weight is 325 g/mol. The Morgan fingerprint density at radius 1 is 1.29 bits per heavy atom. The molecule has 1 aliphatic rings. The van der Waals surface area contributed by atoms with Crippen LogP contribution in [0.4, 0.5) is 18.9 Å². The number of carbonyl (C=O) groups is 1. The second-order valence-electron chi connectivity index (χ2n) is 4.60. The van der Waals surface area contributed by atoms with E-state index in [1.807, 2.05) is 0 Å². The molecule has 21 heavy (non-hydrogen) atoms. The fraction of sp³-hybridized carbons (Fsp3) is 0.462. The number of benzene rings is 1. The van der Waals surface area contributed by atoms with Crippen molar-refractivity contribution in [3.05, 3.63) is 24.3 Å². The molecule has 8 heteroatoms. The smallest absolute Gasteiger partial charge is 0.406 e. The van der Waals surface area contributed by atoms with Gasteiger partial charge in [0.15, 0.2) is 0 Å². The number of ether oxygens (including phenoxy) is 1. The van der Waals surface area contributed by atoms with Crippen molar-refractivity contribution in [1.82, 2.24) is 5.32 Å². The topological polar surface area (TPSA) is 50.4 Å². The highest BCUT2D eigenvalue weighted by Gasteiger charge is 2.31. The predicted octanol–water partition coefficient (Wildman–Crippen LogP) is 2.95. The molecule has 1 aromatic carbocycles. The molecule has 118 valence electrons. The molecule has 2 rings (SSSR count). The van der Waals surface area contributed by atoms with Crippen LogP contribution in [0.25, 0.3) is 0 Å². The van der Waals surface area contributed by atoms with Crippen molar-refractivity contribution in [2.75, 3.05) is 18.4 Å². The Morgan fingerprint density at radius 3 is 2.48 bits per heavy atom. The van der Waals surface area contributed by atoms with Crippen molar-refractivity contribution in [1.29, 1.82) is 0 Å². The highest BCUT2D eigenvalue weighted by molar-refractivity contribution is 5.92. The third-order valence-electron chi connectivity index (χ3n) is 3.02. The number of hydrogen-bond donors (Lipinski definition) is 2. The number of rotatable bonds is 3. The molecule has 0 aromatic heterocycles. The SMILES string of the molecule is Cl.O=C(Nc1ccc(OC(F)(F)F)cc1)[C@@H]1CCCNC1. The summed E-state index contributed by atoms with van der Waals surface area (Å²) in [6.07, 6.45) is -2.96. The van der Waals surface area contributed by atoms with Gasteiger partial charge in [0, 0.05) is 12.2 Å². The van der Waals surface area contributed by atoms with E-state index in [0.717, 1.165) is 19.4 Å². The fourth-order valence-corrected chi connectivity index (χ4v) is 2.06. The molecule has 1 aliphatic heterocycles. The molecule has 0 aliphatic carbocycles. The molecule has 0 saturated carbocycles. The van der Waals surface area contributed by atoms with Crippen molar-refractivity contribution in [3.8, 4) is 5.75 Å². The van der Waals surface area contributed by atoms with Crippen LogP contribution < -0.4 is 15.4 Å². The summed E-state index contributed by atoms with van der Waals surface area (Å²) < 4.78 is 39.7. The van der Waals surface area contributed by atoms with Crippen LogP contribution >= 0.6 is 12.4 Å². The Morgan fingerprint density at radius 2 is 1.95 bits per heavy atom. The van der Waals surface area contributed by atoms with Gasteiger partial charge in [-0.3, -0.25) is 4.79 Å². The monoisotopic (exact) mass is 324 g/mol. The highest BCUT2D eigenvalue weighted by Crippen LogP contribution is 2.24. The number of carbonyl (C=O) groups excluding carboxylic acids is 1. The van der Waals surface area contributed by atoms with Gasteiger partial charge in [0.1, 0.15) is 5.75 Å². The summed E-state index contributed by atoms with van der Waals surface area (Å²) in [5, 5.41) is 5.82. The van der Waals surface area contributed by atoms with E-state index in [4.69, 9.17) is 0 Å². The Bertz CT molecular complexity index is 459. The van der Waals surface area contributed by atoms with Gasteiger partial charge in [-0.05, 0) is 43.7 Å². The normalized spacial score (nSPS) is 18.5. The molecule has 2 N–H and O–H groups in total. The van der Waals surface area contributed by atoms with E-state index in [1.165, 1.54) is 24.3 Å². The maximum Gasteiger partial charge on any atom is 0.573 e. The molecule has 1 aromatic rings. The minimum atomic E-state index is -4.71. The second-order valence-corrected chi connectivity index (χ2v) is 4.60. The second kappa shape index (κ2) is 7.51. The van der Waals surface area contributed by atoms with Gasteiger partial charge < -0.3 is 15.4 Å². The maximum absolute atomic E-state index is 12.0. The third kappa shape index (κ3) is 5.81. The molecule has 0 bridgehead atoms. The largest absolute Gasteiger partial charge is 0.573 e. The zero-order chi connectivity index (χ0) is 14.6. The average Bonchev–Trinajstić information content (AvgIpc) is 2.40. The van der Waals surface area contributed by atoms with E-state index < -0.39 is 6.36 Å². The number of halogens is 4. The van der Waals surface area contributed by atoms with E-state index in [2.05, 4.69) is 15.4 Å². The van der Waals surface area contributed by atoms with Crippen LogP contribution in [0.1, 0.15) is 12.8 Å². The first-order valence-electron chi connectivity index (χ1n) is 6.31. The van der Waals surface area contributed by atoms with Crippen LogP contribution in [0.5, 0.6) is 5.75 Å². The number of alkyl halides is 3. The summed E-state index contributed by atoms with van der Waals surface area (Å²) in [5.41, 5.74) is 0.454. The van der Waals surface area contributed by atoms with E-state index in [-0.39, 0.29) is 30.0 Å². The summed E-state index contributed by atoms with van der Waals surface area (Å²) in [6, 6.07) is 5.11. The summed E-state index contributed by atoms with van der Waals surface area (Å²) in [7, 11) is 0. The Hall–Kier alpha value is -1.47. The van der Waals surface area contributed by atoms with E-state index in [9.17, 15) is 18.0 Å². The standard InChI is InChI=1S/C13H15F3N2O2.ClH/c14-13(15,16)20-11-5-3-10(4-6-11)18-12(19)9-2-1-7-17-8-9;/h3-6,9,17H,1-2,7-8H2,(H,18,19);1H/t9-;/m1./s1. The molecule has 1 heterocycles. The first-order chi connectivity index (χ1) is 9.44. The first kappa shape index (κ1) is 17.6. The molecule has 0 radical (unpaired) electrons. The number of piperidine rings is 1. The molecule has 4 nitrogen and oxygen atoms in total. The molecular formula is C13H16ClF3N2O2. The van der Waals surface area contributed by atoms with Crippen LogP contribution in [0.15, 0.2) is 24.3 Å². The van der Waals surface area contributed by atoms with Crippen LogP contribution in [-0.4, -0.2) is 25.4 Å². The summed E-state index contributed by atoms with van der Waals surface area (Å²) >= 11 is 0. The Labute approximate surface area is 126 Å². The Balaban J connectivity index is 0.00000220. The number of amides is 1. The number of nitrogens with one attached hydrogen (secondary N) is 2. The molecule has 1 saturated heterocycles. The molecule has 0 spiro atoms. The van der Waals surface area contributed by atoms with Gasteiger partial charge in [0.05, 0.1) is 5.92 Å². The molecular weight excluding hydrogens is 309 g/mol. The molecule has 0 unspecified atom stereocenters. The Kier molecular flexibility index (Phi) is 6.29. The van der Waals surface area contributed by atoms with E-state index in [1.54, 1.807) is 0 Å². The third-order valence-corrected chi connectivity index (χ3v) is 3.02.